The van der Waals surface area contributed by atoms with Gasteiger partial charge in [-0.15, -0.1) is 0 Å². The second kappa shape index (κ2) is 8.84. The quantitative estimate of drug-likeness (QED) is 0.784. The van der Waals surface area contributed by atoms with E-state index in [2.05, 4.69) is 17.2 Å². The van der Waals surface area contributed by atoms with Crippen molar-refractivity contribution in [3.63, 3.8) is 0 Å². The molecule has 5 nitrogen and oxygen atoms in total. The number of para-hydroxylation sites is 1. The first-order valence-corrected chi connectivity index (χ1v) is 9.35. The summed E-state index contributed by atoms with van der Waals surface area (Å²) in [5.41, 5.74) is 8.46. The number of allylic oxidation sites excluding steroid dienone is 1. The van der Waals surface area contributed by atoms with Gasteiger partial charge in [0, 0.05) is 31.0 Å². The molecule has 0 fully saturated rings. The van der Waals surface area contributed by atoms with Gasteiger partial charge in [-0.25, -0.2) is 0 Å². The molecule has 140 valence electrons. The molecule has 0 saturated carbocycles. The maximum Gasteiger partial charge on any atom is 0.259 e. The Morgan fingerprint density at radius 1 is 1.37 bits per heavy atom. The molecule has 1 aliphatic rings. The summed E-state index contributed by atoms with van der Waals surface area (Å²) >= 11 is 6.41. The van der Waals surface area contributed by atoms with Gasteiger partial charge in [-0.05, 0) is 48.5 Å². The van der Waals surface area contributed by atoms with Gasteiger partial charge in [0.25, 0.3) is 5.91 Å². The fraction of sp³-hybridized carbons (Fsp3) is 0.238. The largest absolute Gasteiger partial charge is 0.405 e. The van der Waals surface area contributed by atoms with Crippen LogP contribution in [-0.4, -0.2) is 24.7 Å². The summed E-state index contributed by atoms with van der Waals surface area (Å²) in [6.07, 6.45) is 5.54. The van der Waals surface area contributed by atoms with Gasteiger partial charge in [-0.1, -0.05) is 36.7 Å². The van der Waals surface area contributed by atoms with Crippen LogP contribution in [-0.2, 0) is 6.54 Å². The lowest BCUT2D eigenvalue weighted by Gasteiger charge is -2.26. The number of hydrogen-bond donors (Lipinski definition) is 2. The Labute approximate surface area is 164 Å². The predicted octanol–water partition coefficient (Wildman–Crippen LogP) is 4.04. The standard InChI is InChI=1S/C21H23ClN4O/c1-2-16-14-26(20-7-4-3-6-15(20)13-25-16)21(27)18-9-8-17(12-19(18)22)24-11-5-10-23/h3-12,16,25H,2,13-14,23H2,1H3/t16-/m1/s1. The number of nitrogens with one attached hydrogen (secondary N) is 1. The van der Waals surface area contributed by atoms with Crippen LogP contribution in [0.1, 0.15) is 29.3 Å². The normalized spacial score (nSPS) is 17.3. The van der Waals surface area contributed by atoms with Crippen molar-refractivity contribution in [1.82, 2.24) is 5.32 Å². The topological polar surface area (TPSA) is 70.7 Å². The highest BCUT2D eigenvalue weighted by Crippen LogP contribution is 2.29. The number of anilines is 1. The second-order valence-corrected chi connectivity index (χ2v) is 6.76. The first kappa shape index (κ1) is 19.1. The summed E-state index contributed by atoms with van der Waals surface area (Å²) in [6, 6.07) is 13.4. The number of hydrogen-bond acceptors (Lipinski definition) is 4. The molecule has 0 radical (unpaired) electrons. The number of benzene rings is 2. The van der Waals surface area contributed by atoms with E-state index < -0.39 is 0 Å². The van der Waals surface area contributed by atoms with E-state index >= 15 is 0 Å². The number of halogens is 1. The number of fused-ring (bicyclic) bond motifs is 1. The minimum atomic E-state index is -0.105. The third kappa shape index (κ3) is 4.38. The monoisotopic (exact) mass is 382 g/mol. The highest BCUT2D eigenvalue weighted by Gasteiger charge is 2.27. The molecule has 27 heavy (non-hydrogen) atoms. The van der Waals surface area contributed by atoms with Gasteiger partial charge < -0.3 is 16.0 Å². The number of amides is 1. The molecule has 2 aromatic rings. The highest BCUT2D eigenvalue weighted by molar-refractivity contribution is 6.34. The lowest BCUT2D eigenvalue weighted by Crippen LogP contribution is -2.41. The Morgan fingerprint density at radius 3 is 2.93 bits per heavy atom. The van der Waals surface area contributed by atoms with Crippen LogP contribution in [0.25, 0.3) is 0 Å². The third-order valence-electron chi connectivity index (χ3n) is 4.61. The Bertz CT molecular complexity index is 878. The van der Waals surface area contributed by atoms with Crippen molar-refractivity contribution in [2.75, 3.05) is 11.4 Å². The van der Waals surface area contributed by atoms with Crippen LogP contribution in [0.15, 0.2) is 59.7 Å². The Kier molecular flexibility index (Phi) is 6.27. The fourth-order valence-corrected chi connectivity index (χ4v) is 3.36. The molecule has 3 rings (SSSR count). The Morgan fingerprint density at radius 2 is 2.19 bits per heavy atom. The van der Waals surface area contributed by atoms with Gasteiger partial charge >= 0.3 is 0 Å². The van der Waals surface area contributed by atoms with Gasteiger partial charge in [-0.2, -0.15) is 0 Å². The smallest absolute Gasteiger partial charge is 0.259 e. The molecule has 1 heterocycles. The molecule has 0 aromatic heterocycles. The van der Waals surface area contributed by atoms with Crippen molar-refractivity contribution in [2.24, 2.45) is 10.7 Å². The Hall–Kier alpha value is -2.63. The molecule has 3 N–H and O–H groups in total. The van der Waals surface area contributed by atoms with Crippen LogP contribution in [0, 0.1) is 0 Å². The van der Waals surface area contributed by atoms with E-state index in [9.17, 15) is 4.79 Å². The lowest BCUT2D eigenvalue weighted by atomic mass is 10.1. The van der Waals surface area contributed by atoms with Crippen LogP contribution in [0.3, 0.4) is 0 Å². The van der Waals surface area contributed by atoms with Crippen LogP contribution in [0.5, 0.6) is 0 Å². The molecule has 1 atom stereocenters. The number of nitrogens with zero attached hydrogens (tertiary/aromatic N) is 2. The minimum Gasteiger partial charge on any atom is -0.405 e. The fourth-order valence-electron chi connectivity index (χ4n) is 3.11. The van der Waals surface area contributed by atoms with E-state index in [-0.39, 0.29) is 11.9 Å². The molecule has 0 unspecified atom stereocenters. The van der Waals surface area contributed by atoms with Crippen LogP contribution in [0.4, 0.5) is 11.4 Å². The van der Waals surface area contributed by atoms with Gasteiger partial charge in [0.15, 0.2) is 0 Å². The van der Waals surface area contributed by atoms with Gasteiger partial charge in [0.1, 0.15) is 0 Å². The second-order valence-electron chi connectivity index (χ2n) is 6.36. The number of carbonyl (C=O) groups is 1. The predicted molar refractivity (Wildman–Crippen MR) is 112 cm³/mol. The summed E-state index contributed by atoms with van der Waals surface area (Å²) in [4.78, 5) is 19.4. The number of nitrogens with two attached hydrogens (primary N) is 1. The molecule has 0 spiro atoms. The molecular formula is C21H23ClN4O. The highest BCUT2D eigenvalue weighted by atomic mass is 35.5. The number of rotatable bonds is 4. The van der Waals surface area contributed by atoms with Gasteiger partial charge in [0.05, 0.1) is 16.3 Å². The molecule has 6 heteroatoms. The van der Waals surface area contributed by atoms with E-state index in [1.54, 1.807) is 30.5 Å². The van der Waals surface area contributed by atoms with Crippen LogP contribution < -0.4 is 16.0 Å². The molecule has 0 aliphatic carbocycles. The average Bonchev–Trinajstić information content (AvgIpc) is 2.87. The molecule has 0 bridgehead atoms. The van der Waals surface area contributed by atoms with Gasteiger partial charge in [0.2, 0.25) is 0 Å². The summed E-state index contributed by atoms with van der Waals surface area (Å²) in [5.74, 6) is -0.105. The molecule has 2 aromatic carbocycles. The lowest BCUT2D eigenvalue weighted by molar-refractivity contribution is 0.0985. The van der Waals surface area contributed by atoms with Crippen molar-refractivity contribution in [3.05, 3.63) is 70.9 Å². The zero-order valence-electron chi connectivity index (χ0n) is 15.2. The summed E-state index contributed by atoms with van der Waals surface area (Å²) < 4.78 is 0. The van der Waals surface area contributed by atoms with Crippen LogP contribution in [0.2, 0.25) is 5.02 Å². The molecule has 0 saturated heterocycles. The maximum atomic E-state index is 13.3. The first-order chi connectivity index (χ1) is 13.1. The van der Waals surface area contributed by atoms with E-state index in [1.807, 2.05) is 29.2 Å². The Balaban J connectivity index is 1.94. The molecule has 1 aliphatic heterocycles. The average molecular weight is 383 g/mol. The van der Waals surface area contributed by atoms with Crippen molar-refractivity contribution in [2.45, 2.75) is 25.9 Å². The van der Waals surface area contributed by atoms with E-state index in [1.165, 1.54) is 6.20 Å². The zero-order chi connectivity index (χ0) is 19.2. The summed E-state index contributed by atoms with van der Waals surface area (Å²) in [5, 5.41) is 3.90. The zero-order valence-corrected chi connectivity index (χ0v) is 16.0. The SMILES string of the molecule is CC[C@@H]1CN(C(=O)c2ccc(N=CC=CN)cc2Cl)c2ccccc2CN1. The van der Waals surface area contributed by atoms with E-state index in [4.69, 9.17) is 17.3 Å². The minimum absolute atomic E-state index is 0.105. The molecule has 1 amide bonds. The number of carbonyl (C=O) groups excluding carboxylic acids is 1. The summed E-state index contributed by atoms with van der Waals surface area (Å²) in [6.45, 7) is 3.46. The van der Waals surface area contributed by atoms with Crippen LogP contribution >= 0.6 is 11.6 Å². The first-order valence-electron chi connectivity index (χ1n) is 8.97. The van der Waals surface area contributed by atoms with E-state index in [0.29, 0.717) is 22.8 Å². The molecular weight excluding hydrogens is 360 g/mol. The van der Waals surface area contributed by atoms with E-state index in [0.717, 1.165) is 24.2 Å². The van der Waals surface area contributed by atoms with Crippen molar-refractivity contribution >= 4 is 35.1 Å². The maximum absolute atomic E-state index is 13.3. The van der Waals surface area contributed by atoms with Gasteiger partial charge in [-0.3, -0.25) is 9.79 Å². The third-order valence-corrected chi connectivity index (χ3v) is 4.92. The van der Waals surface area contributed by atoms with Crippen molar-refractivity contribution < 1.29 is 4.79 Å². The van der Waals surface area contributed by atoms with Crippen molar-refractivity contribution in [1.29, 1.82) is 0 Å². The van der Waals surface area contributed by atoms with Crippen molar-refractivity contribution in [3.8, 4) is 0 Å². The number of aliphatic imine (C=N–C) groups is 1. The summed E-state index contributed by atoms with van der Waals surface area (Å²) in [7, 11) is 0.